The molecule has 0 aromatic heterocycles. The number of rotatable bonds is 2. The third-order valence-corrected chi connectivity index (χ3v) is 2.91. The highest BCUT2D eigenvalue weighted by Gasteiger charge is 2.54. The molecule has 1 rings (SSSR count). The Morgan fingerprint density at radius 3 is 2.25 bits per heavy atom. The molecule has 72 valence electrons. The molecule has 1 aliphatic carbocycles. The Labute approximate surface area is 70.3 Å². The van der Waals surface area contributed by atoms with Crippen molar-refractivity contribution < 1.29 is 13.0 Å². The Balaban J connectivity index is 2.58. The van der Waals surface area contributed by atoms with Gasteiger partial charge < -0.3 is 5.73 Å². The molecule has 1 saturated carbocycles. The topological polar surface area (TPSA) is 66.9 Å². The van der Waals surface area contributed by atoms with Gasteiger partial charge in [-0.25, -0.2) is 8.78 Å². The summed E-state index contributed by atoms with van der Waals surface area (Å²) >= 11 is 0. The van der Waals surface area contributed by atoms with Crippen LogP contribution >= 0.6 is 0 Å². The fraction of sp³-hybridized carbons (Fsp3) is 1.00. The van der Waals surface area contributed by atoms with Crippen LogP contribution in [0.15, 0.2) is 0 Å². The lowest BCUT2D eigenvalue weighted by Gasteiger charge is -2.44. The van der Waals surface area contributed by atoms with E-state index in [0.717, 1.165) is 0 Å². The van der Waals surface area contributed by atoms with Crippen molar-refractivity contribution in [1.29, 1.82) is 4.78 Å². The van der Waals surface area contributed by atoms with Crippen LogP contribution in [0.3, 0.4) is 0 Å². The third kappa shape index (κ3) is 2.38. The lowest BCUT2D eigenvalue weighted by Crippen LogP contribution is -2.61. The molecule has 0 aromatic rings. The molecule has 0 saturated heterocycles. The highest BCUT2D eigenvalue weighted by Crippen LogP contribution is 2.44. The van der Waals surface area contributed by atoms with Crippen molar-refractivity contribution in [1.82, 2.24) is 0 Å². The summed E-state index contributed by atoms with van der Waals surface area (Å²) in [5.74, 6) is -2.84. The van der Waals surface area contributed by atoms with Crippen LogP contribution in [0.4, 0.5) is 8.78 Å². The zero-order valence-electron chi connectivity index (χ0n) is 6.77. The van der Waals surface area contributed by atoms with E-state index in [2.05, 4.69) is 0 Å². The van der Waals surface area contributed by atoms with Crippen LogP contribution in [0.25, 0.3) is 0 Å². The summed E-state index contributed by atoms with van der Waals surface area (Å²) < 4.78 is 42.8. The number of hydrogen-bond acceptors (Lipinski definition) is 3. The van der Waals surface area contributed by atoms with E-state index in [1.165, 1.54) is 6.26 Å². The zero-order valence-corrected chi connectivity index (χ0v) is 7.59. The fourth-order valence-electron chi connectivity index (χ4n) is 1.63. The average Bonchev–Trinajstić information content (AvgIpc) is 1.48. The van der Waals surface area contributed by atoms with Gasteiger partial charge in [0.1, 0.15) is 0 Å². The number of halogens is 2. The number of nitrogens with two attached hydrogens (primary N) is 1. The third-order valence-electron chi connectivity index (χ3n) is 1.78. The van der Waals surface area contributed by atoms with Crippen molar-refractivity contribution in [3.05, 3.63) is 0 Å². The van der Waals surface area contributed by atoms with E-state index in [9.17, 15) is 13.0 Å². The fourth-order valence-corrected chi connectivity index (χ4v) is 2.93. The second-order valence-electron chi connectivity index (χ2n) is 3.72. The minimum atomic E-state index is -2.75. The Bertz CT molecular complexity index is 278. The van der Waals surface area contributed by atoms with Gasteiger partial charge >= 0.3 is 0 Å². The Kier molecular flexibility index (Phi) is 1.96. The maximum atomic E-state index is 12.4. The summed E-state index contributed by atoms with van der Waals surface area (Å²) in [6.45, 7) is 0. The number of alkyl halides is 2. The van der Waals surface area contributed by atoms with Crippen molar-refractivity contribution in [2.45, 2.75) is 24.3 Å². The van der Waals surface area contributed by atoms with Crippen molar-refractivity contribution in [2.75, 3.05) is 12.0 Å². The van der Waals surface area contributed by atoms with E-state index in [1.807, 2.05) is 0 Å². The highest BCUT2D eigenvalue weighted by molar-refractivity contribution is 7.91. The number of hydrogen-bond donors (Lipinski definition) is 2. The van der Waals surface area contributed by atoms with Crippen LogP contribution in [0.1, 0.15) is 12.8 Å². The number of nitrogens with one attached hydrogen (secondary N) is 1. The maximum absolute atomic E-state index is 12.4. The molecule has 1 fully saturated rings. The summed E-state index contributed by atoms with van der Waals surface area (Å²) in [5.41, 5.74) is 4.41. The zero-order chi connectivity index (χ0) is 9.62. The predicted octanol–water partition coefficient (Wildman–Crippen LogP) is 0.790. The van der Waals surface area contributed by atoms with Crippen LogP contribution in [0.5, 0.6) is 0 Å². The van der Waals surface area contributed by atoms with E-state index in [-0.39, 0.29) is 5.75 Å². The summed E-state index contributed by atoms with van der Waals surface area (Å²) in [7, 11) is -2.75. The van der Waals surface area contributed by atoms with Crippen LogP contribution in [0.2, 0.25) is 0 Å². The normalized spacial score (nSPS) is 30.3. The first-order valence-corrected chi connectivity index (χ1v) is 5.64. The molecule has 1 unspecified atom stereocenters. The maximum Gasteiger partial charge on any atom is 0.251 e. The largest absolute Gasteiger partial charge is 0.324 e. The molecular formula is C6H12F2N2OS. The van der Waals surface area contributed by atoms with Crippen LogP contribution in [0, 0.1) is 4.78 Å². The Morgan fingerprint density at radius 1 is 1.58 bits per heavy atom. The molecular weight excluding hydrogens is 186 g/mol. The SMILES string of the molecule is CS(=N)(=O)CC1(N)CC(F)(F)C1. The van der Waals surface area contributed by atoms with E-state index in [0.29, 0.717) is 0 Å². The van der Waals surface area contributed by atoms with Gasteiger partial charge in [-0.05, 0) is 0 Å². The molecule has 0 heterocycles. The van der Waals surface area contributed by atoms with E-state index < -0.39 is 34.0 Å². The van der Waals surface area contributed by atoms with Gasteiger partial charge in [-0.3, -0.25) is 8.99 Å². The highest BCUT2D eigenvalue weighted by atomic mass is 32.2. The standard InChI is InChI=1S/C6H12F2N2OS/c1-12(10,11)4-5(9)2-6(7,8)3-5/h10H,2-4,9H2,1H3. The quantitative estimate of drug-likeness (QED) is 0.688. The molecule has 6 heteroatoms. The minimum absolute atomic E-state index is 0.129. The van der Waals surface area contributed by atoms with Crippen LogP contribution in [-0.4, -0.2) is 27.7 Å². The lowest BCUT2D eigenvalue weighted by atomic mass is 9.76. The molecule has 1 aliphatic rings. The van der Waals surface area contributed by atoms with Gasteiger partial charge in [0.15, 0.2) is 0 Å². The van der Waals surface area contributed by atoms with E-state index in [4.69, 9.17) is 10.5 Å². The van der Waals surface area contributed by atoms with Crippen molar-refractivity contribution in [2.24, 2.45) is 5.73 Å². The Morgan fingerprint density at radius 2 is 2.00 bits per heavy atom. The van der Waals surface area contributed by atoms with Gasteiger partial charge in [-0.15, -0.1) is 0 Å². The molecule has 1 atom stereocenters. The van der Waals surface area contributed by atoms with Crippen molar-refractivity contribution in [3.8, 4) is 0 Å². The lowest BCUT2D eigenvalue weighted by molar-refractivity contribution is -0.114. The molecule has 0 spiro atoms. The minimum Gasteiger partial charge on any atom is -0.324 e. The van der Waals surface area contributed by atoms with Gasteiger partial charge in [0.25, 0.3) is 5.92 Å². The van der Waals surface area contributed by atoms with Gasteiger partial charge in [0.05, 0.1) is 0 Å². The second kappa shape index (κ2) is 2.38. The summed E-state index contributed by atoms with van der Waals surface area (Å²) in [4.78, 5) is 0. The molecule has 0 amide bonds. The molecule has 0 aromatic carbocycles. The first-order chi connectivity index (χ1) is 5.12. The first kappa shape index (κ1) is 9.85. The van der Waals surface area contributed by atoms with E-state index in [1.54, 1.807) is 0 Å². The van der Waals surface area contributed by atoms with Crippen LogP contribution in [-0.2, 0) is 9.73 Å². The smallest absolute Gasteiger partial charge is 0.251 e. The van der Waals surface area contributed by atoms with Crippen molar-refractivity contribution >= 4 is 9.73 Å². The average molecular weight is 198 g/mol. The molecule has 12 heavy (non-hydrogen) atoms. The van der Waals surface area contributed by atoms with Gasteiger partial charge in [0.2, 0.25) is 0 Å². The molecule has 0 bridgehead atoms. The molecule has 3 nitrogen and oxygen atoms in total. The van der Waals surface area contributed by atoms with Crippen LogP contribution < -0.4 is 5.73 Å². The second-order valence-corrected chi connectivity index (χ2v) is 6.02. The van der Waals surface area contributed by atoms with Gasteiger partial charge in [-0.1, -0.05) is 0 Å². The summed E-state index contributed by atoms with van der Waals surface area (Å²) in [6, 6.07) is 0. The van der Waals surface area contributed by atoms with Crippen molar-refractivity contribution in [3.63, 3.8) is 0 Å². The summed E-state index contributed by atoms with van der Waals surface area (Å²) in [6.07, 6.45) is 0.339. The van der Waals surface area contributed by atoms with E-state index >= 15 is 0 Å². The molecule has 0 aliphatic heterocycles. The predicted molar refractivity (Wildman–Crippen MR) is 42.8 cm³/mol. The van der Waals surface area contributed by atoms with Gasteiger partial charge in [-0.2, -0.15) is 0 Å². The summed E-state index contributed by atoms with van der Waals surface area (Å²) in [5, 5.41) is 0. The first-order valence-electron chi connectivity index (χ1n) is 3.50. The van der Waals surface area contributed by atoms with Gasteiger partial charge in [0, 0.05) is 40.1 Å². The molecule has 0 radical (unpaired) electrons. The Hall–Kier alpha value is -0.230. The molecule has 3 N–H and O–H groups in total. The monoisotopic (exact) mass is 198 g/mol.